The van der Waals surface area contributed by atoms with Gasteiger partial charge in [0, 0.05) is 37.8 Å². The number of ether oxygens (including phenoxy) is 3. The molecule has 0 saturated carbocycles. The summed E-state index contributed by atoms with van der Waals surface area (Å²) in [5.41, 5.74) is 2.77. The number of amides is 1. The number of hydrogen-bond donors (Lipinski definition) is 1. The van der Waals surface area contributed by atoms with Gasteiger partial charge < -0.3 is 19.5 Å². The Morgan fingerprint density at radius 2 is 1.92 bits per heavy atom. The van der Waals surface area contributed by atoms with Crippen molar-refractivity contribution in [3.63, 3.8) is 0 Å². The molecule has 0 aliphatic carbocycles. The number of benzene rings is 1. The molecule has 1 unspecified atom stereocenters. The number of pyridine rings is 1. The lowest BCUT2D eigenvalue weighted by molar-refractivity contribution is -0.0295. The Kier molecular flexibility index (Phi) is 7.11. The predicted octanol–water partition coefficient (Wildman–Crippen LogP) is 3.54. The van der Waals surface area contributed by atoms with Crippen molar-refractivity contribution in [1.29, 1.82) is 0 Å². The minimum Gasteiger partial charge on any atom is -0.486 e. The summed E-state index contributed by atoms with van der Waals surface area (Å²) in [6.07, 6.45) is 1.70. The van der Waals surface area contributed by atoms with Crippen molar-refractivity contribution < 1.29 is 19.0 Å². The molecule has 2 aromatic heterocycles. The van der Waals surface area contributed by atoms with Crippen molar-refractivity contribution in [1.82, 2.24) is 25.0 Å². The number of nitrogens with zero attached hydrogens (tertiary/aromatic N) is 4. The van der Waals surface area contributed by atoms with Gasteiger partial charge in [0.1, 0.15) is 13.2 Å². The molecule has 1 amide bonds. The van der Waals surface area contributed by atoms with Crippen LogP contribution < -0.4 is 14.8 Å². The molecule has 1 N–H and O–H groups in total. The summed E-state index contributed by atoms with van der Waals surface area (Å²) in [5, 5.41) is 8.36. The van der Waals surface area contributed by atoms with Crippen LogP contribution in [0.1, 0.15) is 44.1 Å². The van der Waals surface area contributed by atoms with Crippen LogP contribution in [0.4, 0.5) is 0 Å². The number of hydrogen-bond acceptors (Lipinski definition) is 7. The summed E-state index contributed by atoms with van der Waals surface area (Å²) in [6.45, 7) is 13.5. The third-order valence-corrected chi connectivity index (χ3v) is 6.47. The maximum Gasteiger partial charge on any atom is 0.252 e. The first-order valence-corrected chi connectivity index (χ1v) is 12.8. The van der Waals surface area contributed by atoms with E-state index in [9.17, 15) is 4.79 Å². The molecule has 1 atom stereocenters. The maximum atomic E-state index is 13.5. The van der Waals surface area contributed by atoms with Gasteiger partial charge in [0.15, 0.2) is 17.1 Å². The minimum absolute atomic E-state index is 0.0329. The van der Waals surface area contributed by atoms with Gasteiger partial charge in [0.2, 0.25) is 0 Å². The van der Waals surface area contributed by atoms with Crippen molar-refractivity contribution >= 4 is 16.9 Å². The molecule has 1 aromatic carbocycles. The van der Waals surface area contributed by atoms with Crippen LogP contribution in [-0.4, -0.2) is 77.7 Å². The molecule has 2 aliphatic heterocycles. The molecule has 9 nitrogen and oxygen atoms in total. The summed E-state index contributed by atoms with van der Waals surface area (Å²) in [7, 11) is 0. The van der Waals surface area contributed by atoms with Gasteiger partial charge in [0.25, 0.3) is 5.91 Å². The molecule has 1 fully saturated rings. The van der Waals surface area contributed by atoms with Gasteiger partial charge in [0.05, 0.1) is 35.6 Å². The van der Waals surface area contributed by atoms with E-state index >= 15 is 0 Å². The molecule has 36 heavy (non-hydrogen) atoms. The number of aromatic nitrogens is 3. The summed E-state index contributed by atoms with van der Waals surface area (Å²) in [6, 6.07) is 7.68. The highest BCUT2D eigenvalue weighted by Gasteiger charge is 2.24. The number of morpholine rings is 1. The van der Waals surface area contributed by atoms with Gasteiger partial charge in [-0.25, -0.2) is 9.67 Å². The number of carbonyl (C=O) groups excluding carboxylic acids is 1. The van der Waals surface area contributed by atoms with Crippen molar-refractivity contribution in [2.24, 2.45) is 5.92 Å². The number of nitrogens with one attached hydrogen (secondary N) is 1. The van der Waals surface area contributed by atoms with Crippen LogP contribution >= 0.6 is 0 Å². The van der Waals surface area contributed by atoms with Crippen molar-refractivity contribution in [3.05, 3.63) is 36.0 Å². The van der Waals surface area contributed by atoms with Crippen LogP contribution in [0.15, 0.2) is 30.5 Å². The molecule has 2 aliphatic rings. The van der Waals surface area contributed by atoms with E-state index in [-0.39, 0.29) is 18.1 Å². The van der Waals surface area contributed by atoms with E-state index in [0.717, 1.165) is 36.3 Å². The van der Waals surface area contributed by atoms with Crippen LogP contribution in [0.25, 0.3) is 22.3 Å². The fourth-order valence-corrected chi connectivity index (χ4v) is 4.82. The zero-order valence-electron chi connectivity index (χ0n) is 21.5. The number of carbonyl (C=O) groups is 1. The van der Waals surface area contributed by atoms with Gasteiger partial charge >= 0.3 is 0 Å². The normalized spacial score (nSPS) is 18.2. The Hall–Kier alpha value is -3.17. The second kappa shape index (κ2) is 10.4. The lowest BCUT2D eigenvalue weighted by Gasteiger charge is -2.34. The fraction of sp³-hybridized carbons (Fsp3) is 0.519. The molecule has 0 radical (unpaired) electrons. The molecule has 9 heteroatoms. The highest BCUT2D eigenvalue weighted by molar-refractivity contribution is 6.06. The van der Waals surface area contributed by atoms with E-state index in [1.165, 1.54) is 0 Å². The molecular formula is C27H35N5O4. The first-order valence-electron chi connectivity index (χ1n) is 12.8. The first kappa shape index (κ1) is 24.5. The molecule has 0 spiro atoms. The average molecular weight is 494 g/mol. The molecule has 3 aromatic rings. The number of fused-ring (bicyclic) bond motifs is 2. The van der Waals surface area contributed by atoms with E-state index in [1.54, 1.807) is 6.20 Å². The lowest BCUT2D eigenvalue weighted by atomic mass is 10.1. The van der Waals surface area contributed by atoms with Crippen LogP contribution in [-0.2, 0) is 4.74 Å². The molecule has 4 heterocycles. The van der Waals surface area contributed by atoms with Crippen LogP contribution in [0.5, 0.6) is 11.5 Å². The summed E-state index contributed by atoms with van der Waals surface area (Å²) in [5.74, 6) is 1.84. The Morgan fingerprint density at radius 3 is 2.69 bits per heavy atom. The van der Waals surface area contributed by atoms with Gasteiger partial charge in [-0.15, -0.1) is 0 Å². The molecular weight excluding hydrogens is 458 g/mol. The Morgan fingerprint density at radius 1 is 1.11 bits per heavy atom. The van der Waals surface area contributed by atoms with Crippen molar-refractivity contribution in [3.8, 4) is 22.8 Å². The highest BCUT2D eigenvalue weighted by atomic mass is 16.6. The van der Waals surface area contributed by atoms with E-state index in [1.807, 2.05) is 42.8 Å². The van der Waals surface area contributed by atoms with Crippen molar-refractivity contribution in [2.75, 3.05) is 46.0 Å². The van der Waals surface area contributed by atoms with E-state index in [4.69, 9.17) is 19.2 Å². The first-order chi connectivity index (χ1) is 17.4. The van der Waals surface area contributed by atoms with Gasteiger partial charge in [-0.3, -0.25) is 9.69 Å². The standard InChI is InChI=1S/C27H35N5O4/c1-17(2)15-31-7-8-34-20(16-31)13-28-27(33)21-12-23(30-26-22(21)14-29-32(26)18(3)4)19-5-6-24-25(11-19)36-10-9-35-24/h5-6,11-12,14,17-18,20H,7-10,13,15-16H2,1-4H3,(H,28,33). The summed E-state index contributed by atoms with van der Waals surface area (Å²) >= 11 is 0. The molecule has 1 saturated heterocycles. The van der Waals surface area contributed by atoms with Gasteiger partial charge in [-0.2, -0.15) is 5.10 Å². The lowest BCUT2D eigenvalue weighted by Crippen LogP contribution is -2.48. The highest BCUT2D eigenvalue weighted by Crippen LogP contribution is 2.35. The topological polar surface area (TPSA) is 90.7 Å². The predicted molar refractivity (Wildman–Crippen MR) is 138 cm³/mol. The largest absolute Gasteiger partial charge is 0.486 e. The summed E-state index contributed by atoms with van der Waals surface area (Å²) < 4.78 is 19.2. The monoisotopic (exact) mass is 493 g/mol. The van der Waals surface area contributed by atoms with Gasteiger partial charge in [-0.05, 0) is 44.0 Å². The van der Waals surface area contributed by atoms with Crippen LogP contribution in [0, 0.1) is 5.92 Å². The summed E-state index contributed by atoms with van der Waals surface area (Å²) in [4.78, 5) is 20.8. The maximum absolute atomic E-state index is 13.5. The third kappa shape index (κ3) is 5.17. The molecule has 5 rings (SSSR count). The van der Waals surface area contributed by atoms with Crippen LogP contribution in [0.3, 0.4) is 0 Å². The zero-order chi connectivity index (χ0) is 25.2. The Labute approximate surface area is 211 Å². The van der Waals surface area contributed by atoms with E-state index in [2.05, 4.69) is 29.2 Å². The van der Waals surface area contributed by atoms with Crippen LogP contribution in [0.2, 0.25) is 0 Å². The van der Waals surface area contributed by atoms with E-state index < -0.39 is 0 Å². The fourth-order valence-electron chi connectivity index (χ4n) is 4.82. The molecule has 192 valence electrons. The quantitative estimate of drug-likeness (QED) is 0.538. The SMILES string of the molecule is CC(C)CN1CCOC(CNC(=O)c2cc(-c3ccc4c(c3)OCCO4)nc3c2cnn3C(C)C)C1. The average Bonchev–Trinajstić information content (AvgIpc) is 3.31. The Bertz CT molecular complexity index is 1240. The zero-order valence-corrected chi connectivity index (χ0v) is 21.5. The van der Waals surface area contributed by atoms with Gasteiger partial charge in [-0.1, -0.05) is 13.8 Å². The third-order valence-electron chi connectivity index (χ3n) is 6.47. The van der Waals surface area contributed by atoms with E-state index in [0.29, 0.717) is 54.9 Å². The van der Waals surface area contributed by atoms with Crippen molar-refractivity contribution in [2.45, 2.75) is 39.8 Å². The molecule has 0 bridgehead atoms. The minimum atomic E-state index is -0.158. The Balaban J connectivity index is 1.42. The second-order valence-corrected chi connectivity index (χ2v) is 10.2. The smallest absolute Gasteiger partial charge is 0.252 e. The second-order valence-electron chi connectivity index (χ2n) is 10.2. The number of rotatable bonds is 7.